The van der Waals surface area contributed by atoms with Crippen LogP contribution in [0.2, 0.25) is 0 Å². The summed E-state index contributed by atoms with van der Waals surface area (Å²) in [7, 11) is 8.51. The van der Waals surface area contributed by atoms with E-state index in [1.54, 1.807) is 23.3 Å². The first-order chi connectivity index (χ1) is 41.4. The maximum Gasteiger partial charge on any atom is 0.216 e. The Morgan fingerprint density at radius 2 is 0.857 bits per heavy atom. The second-order valence-corrected chi connectivity index (χ2v) is 29.3. The summed E-state index contributed by atoms with van der Waals surface area (Å²) in [5.74, 6) is 0.284. The summed E-state index contributed by atoms with van der Waals surface area (Å²) in [6.07, 6.45) is 17.4. The summed E-state index contributed by atoms with van der Waals surface area (Å²) >= 11 is 0. The smallest absolute Gasteiger partial charge is 0.201 e. The fourth-order valence-electron chi connectivity index (χ4n) is 17.1. The highest BCUT2D eigenvalue weighted by molar-refractivity contribution is 5.72. The molecular formula is C80H100N4+4. The lowest BCUT2D eigenvalue weighted by Crippen LogP contribution is -2.34. The third kappa shape index (κ3) is 10.6. The molecule has 2 saturated carbocycles. The Bertz CT molecular complexity index is 4150. The highest BCUT2D eigenvalue weighted by Gasteiger charge is 2.48. The van der Waals surface area contributed by atoms with Crippen molar-refractivity contribution < 1.29 is 25.1 Å². The molecule has 0 N–H and O–H groups in total. The first-order valence-corrected chi connectivity index (χ1v) is 31.4. The van der Waals surface area contributed by atoms with Gasteiger partial charge in [-0.25, -0.2) is 18.3 Å². The third-order valence-corrected chi connectivity index (χ3v) is 20.5. The van der Waals surface area contributed by atoms with Gasteiger partial charge in [0.15, 0.2) is 24.8 Å². The van der Waals surface area contributed by atoms with E-state index in [2.05, 4.69) is 223 Å². The summed E-state index contributed by atoms with van der Waals surface area (Å²) in [5.41, 5.74) is 31.9. The average Bonchev–Trinajstić information content (AvgIpc) is 1.59. The van der Waals surface area contributed by atoms with Crippen LogP contribution in [0.25, 0.3) is 45.0 Å². The Morgan fingerprint density at radius 1 is 0.405 bits per heavy atom. The van der Waals surface area contributed by atoms with Gasteiger partial charge in [0, 0.05) is 75.6 Å². The van der Waals surface area contributed by atoms with E-state index in [9.17, 15) is 0 Å². The van der Waals surface area contributed by atoms with Gasteiger partial charge in [-0.15, -0.1) is 0 Å². The van der Waals surface area contributed by atoms with Crippen molar-refractivity contribution >= 4 is 0 Å². The highest BCUT2D eigenvalue weighted by Crippen LogP contribution is 2.57. The van der Waals surface area contributed by atoms with Crippen LogP contribution in [-0.2, 0) is 49.9 Å². The molecule has 0 saturated heterocycles. The minimum Gasteiger partial charge on any atom is -0.201 e. The van der Waals surface area contributed by atoms with Gasteiger partial charge >= 0.3 is 0 Å². The monoisotopic (exact) mass is 1120 g/mol. The largest absolute Gasteiger partial charge is 0.216 e. The van der Waals surface area contributed by atoms with E-state index < -0.39 is 18.6 Å². The van der Waals surface area contributed by atoms with Gasteiger partial charge in [-0.1, -0.05) is 126 Å². The molecule has 6 aliphatic carbocycles. The molecule has 84 heavy (non-hydrogen) atoms. The molecule has 4 atom stereocenters. The maximum absolute atomic E-state index is 8.95. The van der Waals surface area contributed by atoms with E-state index >= 15 is 0 Å². The van der Waals surface area contributed by atoms with Crippen molar-refractivity contribution in [1.82, 2.24) is 0 Å². The first kappa shape index (κ1) is 53.0. The van der Waals surface area contributed by atoms with Crippen molar-refractivity contribution in [3.8, 4) is 45.0 Å². The summed E-state index contributed by atoms with van der Waals surface area (Å²) in [5, 5.41) is 0. The Labute approximate surface area is 514 Å². The number of aryl methyl sites for hydroxylation is 12. The summed E-state index contributed by atoms with van der Waals surface area (Å²) in [6.45, 7) is 32.1. The predicted octanol–water partition coefficient (Wildman–Crippen LogP) is 17.8. The zero-order valence-corrected chi connectivity index (χ0v) is 54.6. The summed E-state index contributed by atoms with van der Waals surface area (Å²) in [4.78, 5) is 0. The molecule has 4 bridgehead atoms. The molecular weight excluding hydrogens is 1020 g/mol. The van der Waals surface area contributed by atoms with Crippen LogP contribution in [0, 0.1) is 55.3 Å². The topological polar surface area (TPSA) is 15.5 Å². The van der Waals surface area contributed by atoms with Crippen LogP contribution >= 0.6 is 0 Å². The van der Waals surface area contributed by atoms with Crippen molar-refractivity contribution in [1.29, 1.82) is 0 Å². The van der Waals surface area contributed by atoms with Gasteiger partial charge in [0.05, 0.1) is 0 Å². The molecule has 0 amide bonds. The number of pyridine rings is 4. The van der Waals surface area contributed by atoms with Gasteiger partial charge in [-0.3, -0.25) is 0 Å². The van der Waals surface area contributed by atoms with E-state index in [1.807, 2.05) is 36.9 Å². The van der Waals surface area contributed by atoms with Crippen LogP contribution in [0.1, 0.15) is 226 Å². The second kappa shape index (κ2) is 21.8. The zero-order chi connectivity index (χ0) is 64.6. The molecule has 4 aromatic heterocycles. The van der Waals surface area contributed by atoms with Crippen LogP contribution < -0.4 is 18.3 Å². The normalized spacial score (nSPS) is 23.4. The second-order valence-electron chi connectivity index (χ2n) is 29.3. The van der Waals surface area contributed by atoms with Crippen molar-refractivity contribution in [2.45, 2.75) is 207 Å². The molecule has 4 nitrogen and oxygen atoms in total. The van der Waals surface area contributed by atoms with Crippen molar-refractivity contribution in [2.24, 2.45) is 28.2 Å². The van der Waals surface area contributed by atoms with Crippen LogP contribution in [0.4, 0.5) is 0 Å². The number of nitrogens with zero attached hydrogens (tertiary/aromatic N) is 4. The van der Waals surface area contributed by atoms with Crippen molar-refractivity contribution in [3.63, 3.8) is 0 Å². The Kier molecular flexibility index (Phi) is 13.7. The first-order valence-electron chi connectivity index (χ1n) is 33.9. The standard InChI is InChI=1S/2C21H28N.2C19H22N/c1-14-8-9-16(15(2)10-14)19-11-17-18(12-22(19)7)21(5,6)13-20(17,3)4;1-14-8-9-16(15(2)12-14)19-18-17(10-11-22(19)7)20(3,4)13-21(18,5)6;2*1-12-4-7-16(13(2)10-12)19-18-15-6-5-14(11-15)17(18)8-9-20(19)3/h2*8-12H,13H2,1-7H3;2*4,7-10,14-15H,5-6,11H2,1-3H3/q4*+1/i;;1D3,14D,15D;. The molecule has 4 heteroatoms. The Hall–Kier alpha value is -6.52. The third-order valence-electron chi connectivity index (χ3n) is 20.5. The molecule has 436 valence electrons. The van der Waals surface area contributed by atoms with E-state index in [0.29, 0.717) is 18.4 Å². The summed E-state index contributed by atoms with van der Waals surface area (Å²) < 4.78 is 49.5. The lowest BCUT2D eigenvalue weighted by molar-refractivity contribution is -0.661. The molecule has 4 heterocycles. The van der Waals surface area contributed by atoms with Gasteiger partial charge in [-0.05, 0) is 221 Å². The fourth-order valence-corrected chi connectivity index (χ4v) is 17.1. The lowest BCUT2D eigenvalue weighted by atomic mass is 9.81. The molecule has 0 spiro atoms. The minimum absolute atomic E-state index is 0.213. The maximum atomic E-state index is 8.95. The quantitative estimate of drug-likeness (QED) is 0.156. The molecule has 14 rings (SSSR count). The van der Waals surface area contributed by atoms with Crippen LogP contribution in [0.5, 0.6) is 0 Å². The highest BCUT2D eigenvalue weighted by atomic mass is 14.9. The molecule has 6 aliphatic rings. The molecule has 8 aromatic rings. The number of hydrogen-bond acceptors (Lipinski definition) is 0. The number of rotatable bonds is 4. The van der Waals surface area contributed by atoms with E-state index in [4.69, 9.17) is 6.85 Å². The van der Waals surface area contributed by atoms with Gasteiger partial charge in [-0.2, -0.15) is 0 Å². The SMILES string of the molecule is Cc1ccc(-c2c3c(cc[n+]2C)C(C)(C)CC3(C)C)c(C)c1.Cc1ccc(-c2c3c(cc[n+]2C)C2CCC3C2)c(C)c1.Cc1ccc(-c2cc3c(c[n+]2C)C(C)(C)CC3(C)C)c(C)c1.[2H]C([2H])([2H])c1ccc(-c2c3c(cc[n+]2C)C2([2H])CCC3([2H])C2)c(C)c1. The Balaban J connectivity index is 0.000000123. The fraction of sp³-hybridized carbons (Fsp3) is 0.450. The minimum atomic E-state index is -2.12. The van der Waals surface area contributed by atoms with Gasteiger partial charge in [0.2, 0.25) is 22.8 Å². The van der Waals surface area contributed by atoms with E-state index in [1.165, 1.54) is 122 Å². The molecule has 2 fully saturated rings. The zero-order valence-electron chi connectivity index (χ0n) is 59.6. The van der Waals surface area contributed by atoms with Crippen LogP contribution in [-0.4, -0.2) is 0 Å². The van der Waals surface area contributed by atoms with Gasteiger partial charge in [0.25, 0.3) is 0 Å². The molecule has 0 radical (unpaired) electrons. The van der Waals surface area contributed by atoms with Crippen molar-refractivity contribution in [2.75, 3.05) is 0 Å². The van der Waals surface area contributed by atoms with Crippen LogP contribution in [0.3, 0.4) is 0 Å². The molecule has 4 unspecified atom stereocenters. The lowest BCUT2D eigenvalue weighted by Gasteiger charge is -2.22. The van der Waals surface area contributed by atoms with Crippen molar-refractivity contribution in [3.05, 3.63) is 211 Å². The van der Waals surface area contributed by atoms with Crippen LogP contribution in [0.15, 0.2) is 122 Å². The van der Waals surface area contributed by atoms with E-state index in [-0.39, 0.29) is 21.7 Å². The number of aromatic nitrogens is 4. The number of benzene rings is 4. The Morgan fingerprint density at radius 3 is 1.44 bits per heavy atom. The molecule has 4 aromatic carbocycles. The van der Waals surface area contributed by atoms with Gasteiger partial charge < -0.3 is 0 Å². The van der Waals surface area contributed by atoms with Gasteiger partial charge in [0.1, 0.15) is 28.2 Å². The number of fused-ring (bicyclic) bond motifs is 12. The molecule has 0 aliphatic heterocycles. The number of hydrogen-bond donors (Lipinski definition) is 0. The van der Waals surface area contributed by atoms with E-state index in [0.717, 1.165) is 46.2 Å². The average molecular weight is 1120 g/mol. The predicted molar refractivity (Wildman–Crippen MR) is 350 cm³/mol. The summed E-state index contributed by atoms with van der Waals surface area (Å²) in [6, 6.07) is 34.8.